The Hall–Kier alpha value is -2.54. The fraction of sp³-hybridized carbons (Fsp3) is 0.308. The molecule has 172 valence electrons. The second kappa shape index (κ2) is 11.1. The van der Waals surface area contributed by atoms with Crippen molar-refractivity contribution in [3.05, 3.63) is 82.6 Å². The van der Waals surface area contributed by atoms with Gasteiger partial charge in [0.25, 0.3) is 0 Å². The molecule has 1 aliphatic rings. The van der Waals surface area contributed by atoms with Gasteiger partial charge < -0.3 is 4.74 Å². The summed E-state index contributed by atoms with van der Waals surface area (Å²) >= 11 is 7.72. The Labute approximate surface area is 204 Å². The van der Waals surface area contributed by atoms with Crippen LogP contribution in [0.5, 0.6) is 0 Å². The number of hydrogen-bond acceptors (Lipinski definition) is 5. The third-order valence-corrected chi connectivity index (χ3v) is 7.23. The normalized spacial score (nSPS) is 14.8. The van der Waals surface area contributed by atoms with E-state index in [1.165, 1.54) is 28.0 Å². The molecule has 4 rings (SSSR count). The van der Waals surface area contributed by atoms with Gasteiger partial charge in [0.15, 0.2) is 0 Å². The maximum atomic E-state index is 11.5. The maximum absolute atomic E-state index is 11.5. The zero-order chi connectivity index (χ0) is 23.2. The quantitative estimate of drug-likeness (QED) is 0.422. The van der Waals surface area contributed by atoms with Gasteiger partial charge in [-0.1, -0.05) is 35.5 Å². The molecule has 1 N–H and O–H groups in total. The molecule has 0 bridgehead atoms. The van der Waals surface area contributed by atoms with Crippen LogP contribution in [0.25, 0.3) is 0 Å². The van der Waals surface area contributed by atoms with E-state index in [1.54, 1.807) is 18.0 Å². The highest BCUT2D eigenvalue weighted by atomic mass is 35.5. The number of anilines is 1. The number of benzene rings is 2. The average Bonchev–Trinajstić information content (AvgIpc) is 2.83. The van der Waals surface area contributed by atoms with E-state index >= 15 is 0 Å². The Balaban J connectivity index is 1.31. The van der Waals surface area contributed by atoms with E-state index < -0.39 is 6.09 Å². The molecular weight excluding hydrogens is 454 g/mol. The first-order valence-electron chi connectivity index (χ1n) is 11.1. The largest absolute Gasteiger partial charge is 0.453 e. The highest BCUT2D eigenvalue weighted by Crippen LogP contribution is 2.32. The number of rotatable bonds is 6. The molecule has 0 unspecified atom stereocenters. The van der Waals surface area contributed by atoms with Crippen molar-refractivity contribution in [1.29, 1.82) is 0 Å². The Morgan fingerprint density at radius 2 is 1.76 bits per heavy atom. The van der Waals surface area contributed by atoms with Gasteiger partial charge in [-0.05, 0) is 92.4 Å². The molecule has 3 aromatic rings. The number of amides is 1. The number of halogens is 1. The Morgan fingerprint density at radius 1 is 1.12 bits per heavy atom. The molecular formula is C26H28ClN3O2S. The van der Waals surface area contributed by atoms with Crippen LogP contribution in [-0.4, -0.2) is 36.2 Å². The van der Waals surface area contributed by atoms with Gasteiger partial charge in [-0.3, -0.25) is 15.2 Å². The number of carbonyl (C=O) groups excluding carboxylic acids is 1. The molecule has 2 aromatic carbocycles. The first kappa shape index (κ1) is 23.6. The summed E-state index contributed by atoms with van der Waals surface area (Å²) in [4.78, 5) is 20.9. The predicted molar refractivity (Wildman–Crippen MR) is 134 cm³/mol. The summed E-state index contributed by atoms with van der Waals surface area (Å²) in [6.07, 6.45) is 3.36. The van der Waals surface area contributed by atoms with Gasteiger partial charge in [0.2, 0.25) is 0 Å². The molecule has 1 fully saturated rings. The maximum Gasteiger partial charge on any atom is 0.411 e. The minimum absolute atomic E-state index is 0.450. The molecule has 1 aromatic heterocycles. The van der Waals surface area contributed by atoms with Crippen molar-refractivity contribution in [2.75, 3.05) is 25.5 Å². The predicted octanol–water partition coefficient (Wildman–Crippen LogP) is 6.75. The van der Waals surface area contributed by atoms with Crippen LogP contribution in [0.15, 0.2) is 70.6 Å². The summed E-state index contributed by atoms with van der Waals surface area (Å²) in [5, 5.41) is 3.48. The van der Waals surface area contributed by atoms with E-state index in [0.717, 1.165) is 43.2 Å². The van der Waals surface area contributed by atoms with Gasteiger partial charge >= 0.3 is 6.09 Å². The molecule has 7 heteroatoms. The third kappa shape index (κ3) is 6.50. The van der Waals surface area contributed by atoms with Crippen molar-refractivity contribution in [2.24, 2.45) is 0 Å². The van der Waals surface area contributed by atoms with Crippen LogP contribution >= 0.6 is 23.4 Å². The number of aryl methyl sites for hydroxylation is 1. The highest BCUT2D eigenvalue weighted by Gasteiger charge is 2.23. The van der Waals surface area contributed by atoms with Crippen molar-refractivity contribution in [2.45, 2.75) is 42.0 Å². The van der Waals surface area contributed by atoms with Gasteiger partial charge in [0.1, 0.15) is 0 Å². The van der Waals surface area contributed by atoms with Gasteiger partial charge in [-0.2, -0.15) is 0 Å². The zero-order valence-corrected chi connectivity index (χ0v) is 20.5. The van der Waals surface area contributed by atoms with Crippen molar-refractivity contribution in [3.8, 4) is 0 Å². The van der Waals surface area contributed by atoms with Gasteiger partial charge in [0, 0.05) is 27.1 Å². The molecule has 1 aliphatic heterocycles. The van der Waals surface area contributed by atoms with Crippen molar-refractivity contribution in [3.63, 3.8) is 0 Å². The van der Waals surface area contributed by atoms with Crippen LogP contribution < -0.4 is 5.32 Å². The number of carbonyl (C=O) groups is 1. The molecule has 5 nitrogen and oxygen atoms in total. The van der Waals surface area contributed by atoms with E-state index in [-0.39, 0.29) is 0 Å². The van der Waals surface area contributed by atoms with Crippen LogP contribution in [0.1, 0.15) is 35.6 Å². The summed E-state index contributed by atoms with van der Waals surface area (Å²) in [5.41, 5.74) is 4.25. The second-order valence-electron chi connectivity index (χ2n) is 8.27. The highest BCUT2D eigenvalue weighted by molar-refractivity contribution is 7.99. The lowest BCUT2D eigenvalue weighted by Gasteiger charge is -2.32. The minimum Gasteiger partial charge on any atom is -0.453 e. The standard InChI is InChI=1S/C26H28ClN3O2S/c1-18-25(15-22(16-28-18)29-26(31)32-2)20-11-13-30(14-12-20)17-19-3-7-23(8-4-19)33-24-9-5-21(27)6-10-24/h3-10,15-16,20H,11-14,17H2,1-2H3,(H,29,31). The summed E-state index contributed by atoms with van der Waals surface area (Å²) in [6, 6.07) is 18.8. The minimum atomic E-state index is -0.473. The summed E-state index contributed by atoms with van der Waals surface area (Å²) < 4.78 is 4.69. The topological polar surface area (TPSA) is 54.5 Å². The molecule has 1 amide bonds. The van der Waals surface area contributed by atoms with E-state index in [2.05, 4.69) is 39.5 Å². The Bertz CT molecular complexity index is 1080. The van der Waals surface area contributed by atoms with E-state index in [0.29, 0.717) is 11.6 Å². The molecule has 33 heavy (non-hydrogen) atoms. The number of nitrogens with zero attached hydrogens (tertiary/aromatic N) is 2. The van der Waals surface area contributed by atoms with Crippen molar-refractivity contribution >= 4 is 35.1 Å². The summed E-state index contributed by atoms with van der Waals surface area (Å²) in [5.74, 6) is 0.450. The lowest BCUT2D eigenvalue weighted by atomic mass is 9.88. The van der Waals surface area contributed by atoms with Crippen LogP contribution in [0.4, 0.5) is 10.5 Å². The Morgan fingerprint density at radius 3 is 2.39 bits per heavy atom. The molecule has 0 atom stereocenters. The zero-order valence-electron chi connectivity index (χ0n) is 18.9. The number of methoxy groups -OCH3 is 1. The SMILES string of the molecule is COC(=O)Nc1cnc(C)c(C2CCN(Cc3ccc(Sc4ccc(Cl)cc4)cc3)CC2)c1. The smallest absolute Gasteiger partial charge is 0.411 e. The number of hydrogen-bond donors (Lipinski definition) is 1. The third-order valence-electron chi connectivity index (χ3n) is 5.96. The summed E-state index contributed by atoms with van der Waals surface area (Å²) in [7, 11) is 1.36. The van der Waals surface area contributed by atoms with E-state index in [1.807, 2.05) is 37.3 Å². The first-order valence-corrected chi connectivity index (χ1v) is 12.3. The van der Waals surface area contributed by atoms with Crippen LogP contribution in [0.2, 0.25) is 5.02 Å². The van der Waals surface area contributed by atoms with Gasteiger partial charge in [-0.25, -0.2) is 4.79 Å². The summed E-state index contributed by atoms with van der Waals surface area (Å²) in [6.45, 7) is 5.08. The molecule has 0 aliphatic carbocycles. The molecule has 1 saturated heterocycles. The monoisotopic (exact) mass is 481 g/mol. The van der Waals surface area contributed by atoms with Gasteiger partial charge in [0.05, 0.1) is 19.0 Å². The number of aromatic nitrogens is 1. The lowest BCUT2D eigenvalue weighted by Crippen LogP contribution is -2.32. The van der Waals surface area contributed by atoms with E-state index in [4.69, 9.17) is 16.3 Å². The number of piperidine rings is 1. The number of likely N-dealkylation sites (tertiary alicyclic amines) is 1. The van der Waals surface area contributed by atoms with Gasteiger partial charge in [-0.15, -0.1) is 0 Å². The second-order valence-corrected chi connectivity index (χ2v) is 9.85. The number of pyridine rings is 1. The van der Waals surface area contributed by atoms with Crippen LogP contribution in [0.3, 0.4) is 0 Å². The van der Waals surface area contributed by atoms with Crippen LogP contribution in [0, 0.1) is 6.92 Å². The van der Waals surface area contributed by atoms with Crippen molar-refractivity contribution in [1.82, 2.24) is 9.88 Å². The molecule has 2 heterocycles. The molecule has 0 radical (unpaired) electrons. The molecule has 0 spiro atoms. The van der Waals surface area contributed by atoms with E-state index in [9.17, 15) is 4.79 Å². The Kier molecular flexibility index (Phi) is 7.91. The van der Waals surface area contributed by atoms with Crippen molar-refractivity contribution < 1.29 is 9.53 Å². The first-order chi connectivity index (χ1) is 16.0. The lowest BCUT2D eigenvalue weighted by molar-refractivity contribution is 0.187. The fourth-order valence-corrected chi connectivity index (χ4v) is 5.11. The average molecular weight is 482 g/mol. The number of ether oxygens (including phenoxy) is 1. The van der Waals surface area contributed by atoms with Crippen LogP contribution in [-0.2, 0) is 11.3 Å². The fourth-order valence-electron chi connectivity index (χ4n) is 4.16. The molecule has 0 saturated carbocycles. The number of nitrogens with one attached hydrogen (secondary N) is 1.